The Morgan fingerprint density at radius 2 is 1.96 bits per heavy atom. The first-order chi connectivity index (χ1) is 12.5. The molecule has 0 aliphatic rings. The van der Waals surface area contributed by atoms with Gasteiger partial charge in [-0.05, 0) is 49.6 Å². The molecule has 4 heteroatoms. The van der Waals surface area contributed by atoms with E-state index < -0.39 is 0 Å². The van der Waals surface area contributed by atoms with Crippen molar-refractivity contribution in [3.63, 3.8) is 0 Å². The van der Waals surface area contributed by atoms with Gasteiger partial charge in [0.05, 0.1) is 11.2 Å². The molecule has 1 aromatic carbocycles. The van der Waals surface area contributed by atoms with Crippen LogP contribution in [0, 0.1) is 13.8 Å². The highest BCUT2D eigenvalue weighted by molar-refractivity contribution is 5.97. The normalized spacial score (nSPS) is 11.3. The molecule has 130 valence electrons. The molecule has 0 aliphatic heterocycles. The minimum absolute atomic E-state index is 0.782. The summed E-state index contributed by atoms with van der Waals surface area (Å²) < 4.78 is 4.08. The van der Waals surface area contributed by atoms with Gasteiger partial charge < -0.3 is 4.57 Å². The molecule has 0 fully saturated rings. The molecule has 0 spiro atoms. The molecule has 0 amide bonds. The maximum atomic E-state index is 4.54. The van der Waals surface area contributed by atoms with Crippen LogP contribution in [0.5, 0.6) is 0 Å². The first-order valence-electron chi connectivity index (χ1n) is 8.70. The van der Waals surface area contributed by atoms with E-state index >= 15 is 0 Å². The molecule has 3 heterocycles. The molecule has 0 unspecified atom stereocenters. The molecule has 3 aromatic heterocycles. The van der Waals surface area contributed by atoms with Gasteiger partial charge in [-0.15, -0.1) is 6.58 Å². The SMILES string of the molecule is C=CCn1cc(C(=C)C)c2cc(-c3cnc4cc(C)nn4c3)cc(C)c21. The van der Waals surface area contributed by atoms with E-state index in [1.807, 2.05) is 36.0 Å². The highest BCUT2D eigenvalue weighted by Crippen LogP contribution is 2.33. The van der Waals surface area contributed by atoms with Gasteiger partial charge in [-0.1, -0.05) is 12.7 Å². The highest BCUT2D eigenvalue weighted by atomic mass is 15.2. The van der Waals surface area contributed by atoms with E-state index in [0.29, 0.717) is 0 Å². The lowest BCUT2D eigenvalue weighted by molar-refractivity contribution is 0.861. The molecular formula is C22H22N4. The van der Waals surface area contributed by atoms with E-state index in [-0.39, 0.29) is 0 Å². The first-order valence-corrected chi connectivity index (χ1v) is 8.70. The quantitative estimate of drug-likeness (QED) is 0.479. The zero-order valence-corrected chi connectivity index (χ0v) is 15.5. The molecule has 0 bridgehead atoms. The van der Waals surface area contributed by atoms with Crippen molar-refractivity contribution in [3.8, 4) is 11.1 Å². The average molecular weight is 342 g/mol. The third kappa shape index (κ3) is 2.54. The fraction of sp³-hybridized carbons (Fsp3) is 0.182. The Morgan fingerprint density at radius 3 is 2.69 bits per heavy atom. The molecule has 0 saturated heterocycles. The van der Waals surface area contributed by atoms with E-state index in [4.69, 9.17) is 0 Å². The van der Waals surface area contributed by atoms with Crippen molar-refractivity contribution in [1.82, 2.24) is 19.2 Å². The summed E-state index contributed by atoms with van der Waals surface area (Å²) in [5, 5.41) is 5.70. The predicted molar refractivity (Wildman–Crippen MR) is 108 cm³/mol. The van der Waals surface area contributed by atoms with Gasteiger partial charge in [0.15, 0.2) is 5.65 Å². The van der Waals surface area contributed by atoms with Crippen LogP contribution >= 0.6 is 0 Å². The predicted octanol–water partition coefficient (Wildman–Crippen LogP) is 5.19. The van der Waals surface area contributed by atoms with Crippen molar-refractivity contribution in [2.45, 2.75) is 27.3 Å². The van der Waals surface area contributed by atoms with Crippen molar-refractivity contribution < 1.29 is 0 Å². The molecule has 0 aliphatic carbocycles. The number of benzene rings is 1. The van der Waals surface area contributed by atoms with Crippen LogP contribution in [0.2, 0.25) is 0 Å². The van der Waals surface area contributed by atoms with Crippen molar-refractivity contribution in [2.24, 2.45) is 0 Å². The van der Waals surface area contributed by atoms with Gasteiger partial charge in [0, 0.05) is 47.7 Å². The van der Waals surface area contributed by atoms with Crippen molar-refractivity contribution in [1.29, 1.82) is 0 Å². The Bertz CT molecular complexity index is 1170. The summed E-state index contributed by atoms with van der Waals surface area (Å²) in [7, 11) is 0. The second-order valence-electron chi connectivity index (χ2n) is 6.88. The molecule has 0 radical (unpaired) electrons. The Balaban J connectivity index is 1.96. The van der Waals surface area contributed by atoms with Crippen LogP contribution in [0.15, 0.2) is 56.0 Å². The number of allylic oxidation sites excluding steroid dienone is 2. The zero-order valence-electron chi connectivity index (χ0n) is 15.5. The second-order valence-corrected chi connectivity index (χ2v) is 6.88. The van der Waals surface area contributed by atoms with Crippen LogP contribution in [0.1, 0.15) is 23.7 Å². The molecule has 26 heavy (non-hydrogen) atoms. The Labute approximate surface area is 153 Å². The van der Waals surface area contributed by atoms with Crippen LogP contribution in [-0.2, 0) is 6.54 Å². The number of rotatable bonds is 4. The van der Waals surface area contributed by atoms with E-state index in [0.717, 1.165) is 34.6 Å². The Hall–Kier alpha value is -3.14. The van der Waals surface area contributed by atoms with Crippen LogP contribution in [0.3, 0.4) is 0 Å². The van der Waals surface area contributed by atoms with Crippen LogP contribution < -0.4 is 0 Å². The molecule has 4 aromatic rings. The van der Waals surface area contributed by atoms with Crippen molar-refractivity contribution in [3.05, 3.63) is 72.8 Å². The summed E-state index contributed by atoms with van der Waals surface area (Å²) in [5.74, 6) is 0. The van der Waals surface area contributed by atoms with Gasteiger partial charge in [0.2, 0.25) is 0 Å². The molecule has 0 atom stereocenters. The maximum absolute atomic E-state index is 4.54. The molecular weight excluding hydrogens is 320 g/mol. The van der Waals surface area contributed by atoms with Gasteiger partial charge in [-0.2, -0.15) is 5.10 Å². The summed E-state index contributed by atoms with van der Waals surface area (Å²) in [4.78, 5) is 4.54. The second kappa shape index (κ2) is 5.99. The monoisotopic (exact) mass is 342 g/mol. The average Bonchev–Trinajstić information content (AvgIpc) is 3.14. The third-order valence-corrected chi connectivity index (χ3v) is 4.72. The van der Waals surface area contributed by atoms with E-state index in [2.05, 4.69) is 60.0 Å². The summed E-state index contributed by atoms with van der Waals surface area (Å²) in [6.07, 6.45) is 8.05. The van der Waals surface area contributed by atoms with E-state index in [9.17, 15) is 0 Å². The summed E-state index contributed by atoms with van der Waals surface area (Å²) in [6.45, 7) is 15.0. The highest BCUT2D eigenvalue weighted by Gasteiger charge is 2.13. The lowest BCUT2D eigenvalue weighted by atomic mass is 9.99. The summed E-state index contributed by atoms with van der Waals surface area (Å²) in [5.41, 5.74) is 8.71. The number of aryl methyl sites for hydroxylation is 2. The number of fused-ring (bicyclic) bond motifs is 2. The number of aromatic nitrogens is 4. The number of nitrogens with zero attached hydrogens (tertiary/aromatic N) is 4. The number of hydrogen-bond acceptors (Lipinski definition) is 2. The fourth-order valence-electron chi connectivity index (χ4n) is 3.59. The summed E-state index contributed by atoms with van der Waals surface area (Å²) in [6, 6.07) is 6.42. The van der Waals surface area contributed by atoms with E-state index in [1.165, 1.54) is 22.0 Å². The van der Waals surface area contributed by atoms with Crippen molar-refractivity contribution in [2.75, 3.05) is 0 Å². The largest absolute Gasteiger partial charge is 0.343 e. The Kier molecular flexibility index (Phi) is 3.76. The molecule has 4 nitrogen and oxygen atoms in total. The zero-order chi connectivity index (χ0) is 18.4. The minimum atomic E-state index is 0.782. The lowest BCUT2D eigenvalue weighted by Crippen LogP contribution is -1.95. The third-order valence-electron chi connectivity index (χ3n) is 4.72. The van der Waals surface area contributed by atoms with Crippen molar-refractivity contribution >= 4 is 22.1 Å². The van der Waals surface area contributed by atoms with Crippen LogP contribution in [0.25, 0.3) is 33.3 Å². The van der Waals surface area contributed by atoms with E-state index in [1.54, 1.807) is 0 Å². The topological polar surface area (TPSA) is 35.1 Å². The Morgan fingerprint density at radius 1 is 1.15 bits per heavy atom. The lowest BCUT2D eigenvalue weighted by Gasteiger charge is -2.09. The number of hydrogen-bond donors (Lipinski definition) is 0. The van der Waals surface area contributed by atoms with Gasteiger partial charge in [0.1, 0.15) is 0 Å². The van der Waals surface area contributed by atoms with Gasteiger partial charge in [0.25, 0.3) is 0 Å². The fourth-order valence-corrected chi connectivity index (χ4v) is 3.59. The van der Waals surface area contributed by atoms with Crippen LogP contribution in [0.4, 0.5) is 0 Å². The standard InChI is InChI=1S/C22H22N4/c1-6-7-25-13-20(14(2)3)19-10-17(8-15(4)22(19)25)18-11-23-21-9-16(5)24-26(21)12-18/h6,8-13H,1-2,7H2,3-5H3. The summed E-state index contributed by atoms with van der Waals surface area (Å²) >= 11 is 0. The van der Waals surface area contributed by atoms with Gasteiger partial charge in [-0.25, -0.2) is 9.50 Å². The van der Waals surface area contributed by atoms with Gasteiger partial charge in [-0.3, -0.25) is 0 Å². The first kappa shape index (κ1) is 16.3. The smallest absolute Gasteiger partial charge is 0.155 e. The minimum Gasteiger partial charge on any atom is -0.343 e. The molecule has 0 N–H and O–H groups in total. The molecule has 4 rings (SSSR count). The molecule has 0 saturated carbocycles. The van der Waals surface area contributed by atoms with Crippen LogP contribution in [-0.4, -0.2) is 19.2 Å². The maximum Gasteiger partial charge on any atom is 0.155 e. The van der Waals surface area contributed by atoms with Gasteiger partial charge >= 0.3 is 0 Å².